The van der Waals surface area contributed by atoms with Crippen molar-refractivity contribution in [1.29, 1.82) is 0 Å². The third-order valence-corrected chi connectivity index (χ3v) is 5.55. The van der Waals surface area contributed by atoms with Gasteiger partial charge in [0, 0.05) is 11.3 Å². The van der Waals surface area contributed by atoms with Crippen LogP contribution in [0, 0.1) is 4.77 Å². The molecule has 1 N–H and O–H groups in total. The Morgan fingerprint density at radius 2 is 2.20 bits per heavy atom. The highest BCUT2D eigenvalue weighted by atomic mass is 32.2. The number of nitrogens with one attached hydrogen (secondary N) is 1. The molecule has 0 saturated heterocycles. The van der Waals surface area contributed by atoms with Gasteiger partial charge in [-0.1, -0.05) is 6.07 Å². The fourth-order valence-electron chi connectivity index (χ4n) is 2.52. The predicted molar refractivity (Wildman–Crippen MR) is 88.4 cm³/mol. The largest absolute Gasteiger partial charge is 0.489 e. The summed E-state index contributed by atoms with van der Waals surface area (Å²) in [5.74, 6) is 0.886. The number of ether oxygens (including phenoxy) is 1. The molecule has 0 amide bonds. The van der Waals surface area contributed by atoms with Crippen molar-refractivity contribution in [3.63, 3.8) is 0 Å². The van der Waals surface area contributed by atoms with Crippen molar-refractivity contribution in [3.8, 4) is 5.75 Å². The van der Waals surface area contributed by atoms with Crippen molar-refractivity contribution in [1.82, 2.24) is 9.55 Å². The summed E-state index contributed by atoms with van der Waals surface area (Å²) in [6, 6.07) is 6.16. The monoisotopic (exact) mass is 308 g/mol. The molecule has 20 heavy (non-hydrogen) atoms. The van der Waals surface area contributed by atoms with Crippen LogP contribution >= 0.6 is 24.0 Å². The molecule has 1 aliphatic rings. The minimum atomic E-state index is 0.159. The number of fused-ring (bicyclic) bond motifs is 1. The van der Waals surface area contributed by atoms with E-state index in [-0.39, 0.29) is 6.10 Å². The van der Waals surface area contributed by atoms with Gasteiger partial charge in [-0.25, -0.2) is 0 Å². The first kappa shape index (κ1) is 14.0. The van der Waals surface area contributed by atoms with Gasteiger partial charge < -0.3 is 14.3 Å². The summed E-state index contributed by atoms with van der Waals surface area (Å²) in [6.07, 6.45) is 4.92. The van der Waals surface area contributed by atoms with E-state index < -0.39 is 0 Å². The second kappa shape index (κ2) is 5.11. The maximum Gasteiger partial charge on any atom is 0.178 e. The lowest BCUT2D eigenvalue weighted by molar-refractivity contribution is 0.245. The van der Waals surface area contributed by atoms with E-state index in [1.165, 1.54) is 12.8 Å². The number of aromatic nitrogens is 2. The van der Waals surface area contributed by atoms with Gasteiger partial charge in [0.2, 0.25) is 0 Å². The second-order valence-electron chi connectivity index (χ2n) is 5.72. The molecule has 1 aromatic heterocycles. The zero-order valence-corrected chi connectivity index (χ0v) is 13.7. The molecule has 0 atom stereocenters. The molecule has 0 bridgehead atoms. The molecule has 0 unspecified atom stereocenters. The number of para-hydroxylation sites is 1. The van der Waals surface area contributed by atoms with Crippen LogP contribution in [0.25, 0.3) is 11.0 Å². The van der Waals surface area contributed by atoms with Gasteiger partial charge in [0.1, 0.15) is 11.3 Å². The normalized spacial score (nSPS) is 16.8. The molecule has 1 aliphatic carbocycles. The van der Waals surface area contributed by atoms with E-state index in [0.29, 0.717) is 4.75 Å². The molecule has 1 heterocycles. The smallest absolute Gasteiger partial charge is 0.178 e. The number of thioether (sulfide) groups is 1. The van der Waals surface area contributed by atoms with E-state index in [9.17, 15) is 0 Å². The number of hydrogen-bond acceptors (Lipinski definition) is 3. The van der Waals surface area contributed by atoms with Crippen LogP contribution in [-0.2, 0) is 6.54 Å². The molecular formula is C15H20N2OS2. The van der Waals surface area contributed by atoms with E-state index in [1.54, 1.807) is 0 Å². The number of benzene rings is 1. The summed E-state index contributed by atoms with van der Waals surface area (Å²) in [7, 11) is 0. The maximum absolute atomic E-state index is 5.87. The summed E-state index contributed by atoms with van der Waals surface area (Å²) in [5, 5.41) is 0. The van der Waals surface area contributed by atoms with Crippen LogP contribution in [0.3, 0.4) is 0 Å². The Morgan fingerprint density at radius 3 is 2.80 bits per heavy atom. The van der Waals surface area contributed by atoms with E-state index in [0.717, 1.165) is 28.1 Å². The first-order chi connectivity index (χ1) is 9.54. The summed E-state index contributed by atoms with van der Waals surface area (Å²) in [5.41, 5.74) is 2.16. The fourth-order valence-corrected chi connectivity index (χ4v) is 3.55. The molecule has 3 nitrogen and oxygen atoms in total. The lowest BCUT2D eigenvalue weighted by atomic mass is 10.2. The highest BCUT2D eigenvalue weighted by Gasteiger charge is 2.42. The Kier molecular flexibility index (Phi) is 3.58. The Hall–Kier alpha value is -0.940. The lowest BCUT2D eigenvalue weighted by Gasteiger charge is -2.14. The first-order valence-electron chi connectivity index (χ1n) is 6.98. The Bertz CT molecular complexity index is 683. The molecule has 0 aliphatic heterocycles. The number of nitrogens with zero attached hydrogens (tertiary/aromatic N) is 1. The van der Waals surface area contributed by atoms with Crippen molar-refractivity contribution in [2.45, 2.75) is 44.1 Å². The molecule has 3 rings (SSSR count). The molecule has 0 radical (unpaired) electrons. The molecule has 1 saturated carbocycles. The first-order valence-corrected chi connectivity index (χ1v) is 8.61. The minimum absolute atomic E-state index is 0.159. The van der Waals surface area contributed by atoms with Gasteiger partial charge in [0.05, 0.1) is 11.6 Å². The predicted octanol–water partition coefficient (Wildman–Crippen LogP) is 4.38. The van der Waals surface area contributed by atoms with Crippen LogP contribution < -0.4 is 4.74 Å². The fraction of sp³-hybridized carbons (Fsp3) is 0.533. The Balaban J connectivity index is 2.05. The summed E-state index contributed by atoms with van der Waals surface area (Å²) in [6.45, 7) is 5.06. The van der Waals surface area contributed by atoms with Crippen LogP contribution in [0.4, 0.5) is 0 Å². The van der Waals surface area contributed by atoms with Crippen LogP contribution in [0.2, 0.25) is 0 Å². The average molecular weight is 308 g/mol. The maximum atomic E-state index is 5.87. The minimum Gasteiger partial charge on any atom is -0.489 e. The van der Waals surface area contributed by atoms with Crippen molar-refractivity contribution >= 4 is 35.0 Å². The SMILES string of the molecule is CSC1(Cn2c(=S)[nH]c3c(OC(C)C)cccc32)CC1. The van der Waals surface area contributed by atoms with Crippen molar-refractivity contribution in [2.75, 3.05) is 6.26 Å². The van der Waals surface area contributed by atoms with Gasteiger partial charge in [-0.15, -0.1) is 0 Å². The number of H-pyrrole nitrogens is 1. The number of imidazole rings is 1. The van der Waals surface area contributed by atoms with E-state index in [2.05, 4.69) is 21.9 Å². The van der Waals surface area contributed by atoms with Gasteiger partial charge in [0.15, 0.2) is 4.77 Å². The highest BCUT2D eigenvalue weighted by Crippen LogP contribution is 2.49. The van der Waals surface area contributed by atoms with E-state index >= 15 is 0 Å². The standard InChI is InChI=1S/C15H20N2OS2/c1-10(2)18-12-6-4-5-11-13(12)16-14(19)17(11)9-15(20-3)7-8-15/h4-6,10H,7-9H2,1-3H3,(H,16,19). The van der Waals surface area contributed by atoms with Crippen molar-refractivity contribution in [2.24, 2.45) is 0 Å². The van der Waals surface area contributed by atoms with Gasteiger partial charge in [0.25, 0.3) is 0 Å². The van der Waals surface area contributed by atoms with Gasteiger partial charge in [-0.3, -0.25) is 0 Å². The number of rotatable bonds is 5. The van der Waals surface area contributed by atoms with E-state index in [4.69, 9.17) is 17.0 Å². The van der Waals surface area contributed by atoms with Gasteiger partial charge in [-0.2, -0.15) is 11.8 Å². The number of hydrogen-bond donors (Lipinski definition) is 1. The second-order valence-corrected chi connectivity index (χ2v) is 7.38. The topological polar surface area (TPSA) is 29.9 Å². The zero-order valence-electron chi connectivity index (χ0n) is 12.1. The number of aromatic amines is 1. The summed E-state index contributed by atoms with van der Waals surface area (Å²) in [4.78, 5) is 3.32. The molecule has 1 fully saturated rings. The van der Waals surface area contributed by atoms with Crippen molar-refractivity contribution < 1.29 is 4.74 Å². The molecule has 5 heteroatoms. The molecule has 2 aromatic rings. The van der Waals surface area contributed by atoms with Gasteiger partial charge in [-0.05, 0) is 57.3 Å². The van der Waals surface area contributed by atoms with Gasteiger partial charge >= 0.3 is 0 Å². The molecule has 0 spiro atoms. The Labute approximate surface area is 128 Å². The summed E-state index contributed by atoms with van der Waals surface area (Å²) < 4.78 is 9.28. The lowest BCUT2D eigenvalue weighted by Crippen LogP contribution is -2.13. The third kappa shape index (κ3) is 2.49. The molecular weight excluding hydrogens is 288 g/mol. The quantitative estimate of drug-likeness (QED) is 0.831. The van der Waals surface area contributed by atoms with Crippen molar-refractivity contribution in [3.05, 3.63) is 23.0 Å². The summed E-state index contributed by atoms with van der Waals surface area (Å²) >= 11 is 7.47. The van der Waals surface area contributed by atoms with E-state index in [1.807, 2.05) is 37.7 Å². The van der Waals surface area contributed by atoms with Crippen LogP contribution in [0.15, 0.2) is 18.2 Å². The molecule has 1 aromatic carbocycles. The highest BCUT2D eigenvalue weighted by molar-refractivity contribution is 8.00. The third-order valence-electron chi connectivity index (χ3n) is 3.82. The van der Waals surface area contributed by atoms with Crippen LogP contribution in [-0.4, -0.2) is 26.7 Å². The zero-order chi connectivity index (χ0) is 14.3. The van der Waals surface area contributed by atoms with Crippen LogP contribution in [0.5, 0.6) is 5.75 Å². The average Bonchev–Trinajstić information content (AvgIpc) is 3.11. The van der Waals surface area contributed by atoms with Crippen LogP contribution in [0.1, 0.15) is 26.7 Å². The molecule has 108 valence electrons. The Morgan fingerprint density at radius 1 is 1.45 bits per heavy atom.